The summed E-state index contributed by atoms with van der Waals surface area (Å²) in [7, 11) is 0. The third kappa shape index (κ3) is 4.60. The molecule has 1 atom stereocenters. The molecule has 0 radical (unpaired) electrons. The highest BCUT2D eigenvalue weighted by Gasteiger charge is 2.21. The largest absolute Gasteiger partial charge is 0.480 e. The second kappa shape index (κ2) is 7.00. The molecule has 0 saturated carbocycles. The normalized spacial score (nSPS) is 11.3. The van der Waals surface area contributed by atoms with E-state index in [0.29, 0.717) is 5.69 Å². The summed E-state index contributed by atoms with van der Waals surface area (Å²) in [5.74, 6) is -1.17. The number of nitrogens with zero attached hydrogens (tertiary/aromatic N) is 2. The van der Waals surface area contributed by atoms with Crippen molar-refractivity contribution in [1.29, 1.82) is 0 Å². The summed E-state index contributed by atoms with van der Waals surface area (Å²) in [6, 6.07) is -1.11. The monoisotopic (exact) mass is 251 g/mol. The van der Waals surface area contributed by atoms with Gasteiger partial charge in [0, 0.05) is 25.0 Å². The fourth-order valence-corrected chi connectivity index (χ4v) is 1.16. The molecular formula is C11H13N3O4. The van der Waals surface area contributed by atoms with E-state index in [2.05, 4.69) is 26.6 Å². The molecule has 0 aliphatic rings. The number of aliphatic carboxylic acids is 1. The van der Waals surface area contributed by atoms with Gasteiger partial charge in [-0.25, -0.2) is 9.59 Å². The quantitative estimate of drug-likeness (QED) is 0.709. The van der Waals surface area contributed by atoms with Crippen molar-refractivity contribution in [2.45, 2.75) is 12.5 Å². The second-order valence-corrected chi connectivity index (χ2v) is 3.32. The predicted molar refractivity (Wildman–Crippen MR) is 61.8 cm³/mol. The zero-order valence-electron chi connectivity index (χ0n) is 9.57. The van der Waals surface area contributed by atoms with Gasteiger partial charge < -0.3 is 15.2 Å². The minimum absolute atomic E-state index is 0.0172. The number of carbonyl (C=O) groups excluding carboxylic acids is 1. The van der Waals surface area contributed by atoms with Crippen molar-refractivity contribution in [2.75, 3.05) is 6.61 Å². The number of hydrogen-bond acceptors (Lipinski definition) is 5. The fourth-order valence-electron chi connectivity index (χ4n) is 1.16. The molecule has 1 rings (SSSR count). The Hall–Kier alpha value is -2.44. The molecule has 1 amide bonds. The first-order valence-electron chi connectivity index (χ1n) is 5.15. The molecule has 0 aromatic carbocycles. The molecule has 96 valence electrons. The Morgan fingerprint density at radius 2 is 2.33 bits per heavy atom. The molecule has 1 heterocycles. The maximum absolute atomic E-state index is 11.2. The molecule has 7 nitrogen and oxygen atoms in total. The first-order valence-corrected chi connectivity index (χ1v) is 5.15. The Balaban J connectivity index is 2.58. The Morgan fingerprint density at radius 3 is 2.89 bits per heavy atom. The molecule has 1 aromatic rings. The van der Waals surface area contributed by atoms with Crippen LogP contribution in [0, 0.1) is 0 Å². The summed E-state index contributed by atoms with van der Waals surface area (Å²) in [5.41, 5.74) is 0.467. The van der Waals surface area contributed by atoms with Gasteiger partial charge in [-0.15, -0.1) is 0 Å². The number of hydrogen-bond donors (Lipinski definition) is 2. The highest BCUT2D eigenvalue weighted by Crippen LogP contribution is 1.99. The third-order valence-electron chi connectivity index (χ3n) is 1.95. The average molecular weight is 251 g/mol. The van der Waals surface area contributed by atoms with E-state index >= 15 is 0 Å². The standard InChI is InChI=1S/C11H13N3O4/c1-2-5-18-11(17)14-9(10(15)16)6-8-7-12-3-4-13-8/h2-4,7,9H,1,5-6H2,(H,14,17)(H,15,16)/t9-/m1/s1. The summed E-state index contributed by atoms with van der Waals surface area (Å²) in [6.45, 7) is 3.39. The summed E-state index contributed by atoms with van der Waals surface area (Å²) < 4.78 is 4.64. The molecule has 1 aromatic heterocycles. The van der Waals surface area contributed by atoms with E-state index in [9.17, 15) is 9.59 Å². The fraction of sp³-hybridized carbons (Fsp3) is 0.273. The maximum Gasteiger partial charge on any atom is 0.408 e. The predicted octanol–water partition coefficient (Wildman–Crippen LogP) is 0.384. The van der Waals surface area contributed by atoms with Crippen molar-refractivity contribution in [1.82, 2.24) is 15.3 Å². The highest BCUT2D eigenvalue weighted by molar-refractivity contribution is 5.80. The number of amides is 1. The van der Waals surface area contributed by atoms with Crippen LogP contribution in [0.1, 0.15) is 5.69 Å². The Bertz CT molecular complexity index is 422. The number of rotatable bonds is 6. The second-order valence-electron chi connectivity index (χ2n) is 3.32. The molecule has 0 saturated heterocycles. The van der Waals surface area contributed by atoms with E-state index in [1.54, 1.807) is 0 Å². The lowest BCUT2D eigenvalue weighted by Gasteiger charge is -2.13. The maximum atomic E-state index is 11.2. The molecule has 7 heteroatoms. The van der Waals surface area contributed by atoms with Crippen LogP contribution in [0.2, 0.25) is 0 Å². The van der Waals surface area contributed by atoms with Crippen molar-refractivity contribution in [3.8, 4) is 0 Å². The van der Waals surface area contributed by atoms with Crippen molar-refractivity contribution >= 4 is 12.1 Å². The van der Waals surface area contributed by atoms with E-state index in [0.717, 1.165) is 0 Å². The Kier molecular flexibility index (Phi) is 5.30. The van der Waals surface area contributed by atoms with Crippen molar-refractivity contribution in [2.24, 2.45) is 0 Å². The van der Waals surface area contributed by atoms with Crippen molar-refractivity contribution < 1.29 is 19.4 Å². The van der Waals surface area contributed by atoms with E-state index < -0.39 is 18.1 Å². The van der Waals surface area contributed by atoms with Crippen LogP contribution in [-0.4, -0.2) is 39.8 Å². The van der Waals surface area contributed by atoms with Crippen LogP contribution in [0.4, 0.5) is 4.79 Å². The summed E-state index contributed by atoms with van der Waals surface area (Å²) in [6.07, 6.45) is 4.97. The molecule has 0 aliphatic heterocycles. The van der Waals surface area contributed by atoms with E-state index in [1.165, 1.54) is 24.7 Å². The van der Waals surface area contributed by atoms with E-state index in [1.807, 2.05) is 0 Å². The lowest BCUT2D eigenvalue weighted by Crippen LogP contribution is -2.42. The molecular weight excluding hydrogens is 238 g/mol. The number of carbonyl (C=O) groups is 2. The molecule has 0 fully saturated rings. The lowest BCUT2D eigenvalue weighted by molar-refractivity contribution is -0.139. The molecule has 0 spiro atoms. The first kappa shape index (κ1) is 13.6. The van der Waals surface area contributed by atoms with Crippen LogP contribution in [0.5, 0.6) is 0 Å². The molecule has 2 N–H and O–H groups in total. The van der Waals surface area contributed by atoms with Crippen LogP contribution < -0.4 is 5.32 Å². The van der Waals surface area contributed by atoms with Gasteiger partial charge in [0.1, 0.15) is 12.6 Å². The van der Waals surface area contributed by atoms with Crippen LogP contribution in [0.3, 0.4) is 0 Å². The average Bonchev–Trinajstić information content (AvgIpc) is 2.36. The van der Waals surface area contributed by atoms with Gasteiger partial charge in [-0.1, -0.05) is 12.7 Å². The summed E-state index contributed by atoms with van der Waals surface area (Å²) in [5, 5.41) is 11.2. The summed E-state index contributed by atoms with van der Waals surface area (Å²) >= 11 is 0. The number of aromatic nitrogens is 2. The molecule has 0 bridgehead atoms. The van der Waals surface area contributed by atoms with Gasteiger partial charge >= 0.3 is 12.1 Å². The van der Waals surface area contributed by atoms with E-state index in [-0.39, 0.29) is 13.0 Å². The van der Waals surface area contributed by atoms with Crippen LogP contribution in [0.15, 0.2) is 31.2 Å². The summed E-state index contributed by atoms with van der Waals surface area (Å²) in [4.78, 5) is 30.0. The van der Waals surface area contributed by atoms with Gasteiger partial charge in [0.15, 0.2) is 0 Å². The zero-order chi connectivity index (χ0) is 13.4. The number of ether oxygens (including phenoxy) is 1. The van der Waals surface area contributed by atoms with Crippen LogP contribution in [-0.2, 0) is 16.0 Å². The number of alkyl carbamates (subject to hydrolysis) is 1. The van der Waals surface area contributed by atoms with Gasteiger partial charge in [-0.05, 0) is 0 Å². The topological polar surface area (TPSA) is 101 Å². The Labute approximate surface area is 104 Å². The van der Waals surface area contributed by atoms with Gasteiger partial charge in [-0.2, -0.15) is 0 Å². The van der Waals surface area contributed by atoms with Crippen LogP contribution in [0.25, 0.3) is 0 Å². The SMILES string of the molecule is C=CCOC(=O)N[C@H](Cc1cnccn1)C(=O)O. The van der Waals surface area contributed by atoms with Gasteiger partial charge in [0.2, 0.25) is 0 Å². The minimum atomic E-state index is -1.17. The highest BCUT2D eigenvalue weighted by atomic mass is 16.5. The number of carboxylic acids is 1. The molecule has 0 unspecified atom stereocenters. The first-order chi connectivity index (χ1) is 8.63. The lowest BCUT2D eigenvalue weighted by atomic mass is 10.1. The number of nitrogens with one attached hydrogen (secondary N) is 1. The van der Waals surface area contributed by atoms with Crippen molar-refractivity contribution in [3.05, 3.63) is 36.9 Å². The number of carboxylic acid groups (broad SMARTS) is 1. The van der Waals surface area contributed by atoms with Gasteiger partial charge in [-0.3, -0.25) is 9.97 Å². The minimum Gasteiger partial charge on any atom is -0.480 e. The van der Waals surface area contributed by atoms with Gasteiger partial charge in [0.25, 0.3) is 0 Å². The molecule has 0 aliphatic carbocycles. The van der Waals surface area contributed by atoms with Gasteiger partial charge in [0.05, 0.1) is 5.69 Å². The zero-order valence-corrected chi connectivity index (χ0v) is 9.57. The van der Waals surface area contributed by atoms with E-state index in [4.69, 9.17) is 5.11 Å². The Morgan fingerprint density at radius 1 is 1.56 bits per heavy atom. The smallest absolute Gasteiger partial charge is 0.408 e. The molecule has 18 heavy (non-hydrogen) atoms. The van der Waals surface area contributed by atoms with Crippen molar-refractivity contribution in [3.63, 3.8) is 0 Å². The van der Waals surface area contributed by atoms with Crippen LogP contribution >= 0.6 is 0 Å². The third-order valence-corrected chi connectivity index (χ3v) is 1.95.